The Morgan fingerprint density at radius 1 is 1.42 bits per heavy atom. The Balaban J connectivity index is 2.90. The second kappa shape index (κ2) is 4.20. The predicted octanol–water partition coefficient (Wildman–Crippen LogP) is 1.93. The van der Waals surface area contributed by atoms with E-state index in [4.69, 9.17) is 5.21 Å². The van der Waals surface area contributed by atoms with E-state index in [1.54, 1.807) is 12.1 Å². The molecule has 1 N–H and O–H groups in total. The third kappa shape index (κ3) is 2.30. The van der Waals surface area contributed by atoms with Gasteiger partial charge < -0.3 is 5.21 Å². The Kier molecular flexibility index (Phi) is 3.21. The van der Waals surface area contributed by atoms with Crippen LogP contribution >= 0.6 is 22.6 Å². The number of carbonyl (C=O) groups is 1. The maximum atomic E-state index is 11.0. The highest BCUT2D eigenvalue weighted by Crippen LogP contribution is 2.06. The number of oxime groups is 1. The van der Waals surface area contributed by atoms with Crippen molar-refractivity contribution in [3.63, 3.8) is 0 Å². The van der Waals surface area contributed by atoms with Crippen LogP contribution in [0.1, 0.15) is 10.4 Å². The highest BCUT2D eigenvalue weighted by molar-refractivity contribution is 14.1. The van der Waals surface area contributed by atoms with Gasteiger partial charge in [-0.3, -0.25) is 4.79 Å². The van der Waals surface area contributed by atoms with E-state index < -0.39 is 0 Å². The predicted molar refractivity (Wildman–Crippen MR) is 53.8 cm³/mol. The molecule has 0 aromatic heterocycles. The number of Topliss-reactive ketones (excluding diaryl/α,β-unsaturated/α-hetero) is 1. The van der Waals surface area contributed by atoms with E-state index in [-0.39, 0.29) is 5.78 Å². The second-order valence-corrected chi connectivity index (χ2v) is 3.36. The fourth-order valence-corrected chi connectivity index (χ4v) is 1.10. The zero-order valence-electron chi connectivity index (χ0n) is 6.07. The Morgan fingerprint density at radius 2 is 2.00 bits per heavy atom. The number of hydrogen-bond donors (Lipinski definition) is 1. The summed E-state index contributed by atoms with van der Waals surface area (Å²) in [6, 6.07) is 7.01. The lowest BCUT2D eigenvalue weighted by Gasteiger charge is -1.93. The van der Waals surface area contributed by atoms with E-state index in [9.17, 15) is 4.79 Å². The molecule has 0 aliphatic heterocycles. The molecule has 0 unspecified atom stereocenters. The molecule has 0 fully saturated rings. The molecule has 0 aliphatic rings. The Morgan fingerprint density at radius 3 is 2.50 bits per heavy atom. The fourth-order valence-electron chi connectivity index (χ4n) is 0.741. The highest BCUT2D eigenvalue weighted by Gasteiger charge is 2.00. The lowest BCUT2D eigenvalue weighted by atomic mass is 10.1. The van der Waals surface area contributed by atoms with E-state index in [2.05, 4.69) is 27.7 Å². The van der Waals surface area contributed by atoms with Crippen molar-refractivity contribution in [2.75, 3.05) is 0 Å². The van der Waals surface area contributed by atoms with Gasteiger partial charge in [0.05, 0.1) is 0 Å². The third-order valence-corrected chi connectivity index (χ3v) is 2.02. The molecule has 12 heavy (non-hydrogen) atoms. The van der Waals surface area contributed by atoms with Gasteiger partial charge >= 0.3 is 0 Å². The minimum Gasteiger partial charge on any atom is -0.411 e. The number of ketones is 1. The maximum Gasteiger partial charge on any atom is 0.207 e. The summed E-state index contributed by atoms with van der Waals surface area (Å²) >= 11 is 2.15. The van der Waals surface area contributed by atoms with Gasteiger partial charge in [-0.2, -0.15) is 0 Å². The van der Waals surface area contributed by atoms with Crippen LogP contribution in [-0.2, 0) is 0 Å². The van der Waals surface area contributed by atoms with Gasteiger partial charge in [0.15, 0.2) is 0 Å². The standard InChI is InChI=1S/C8H6INO2/c9-7-3-1-6(2-4-7)8(11)5-10-12/h1-5,12H/b10-5+. The Labute approximate surface area is 83.2 Å². The first-order valence-electron chi connectivity index (χ1n) is 3.21. The van der Waals surface area contributed by atoms with Crippen LogP contribution in [0.15, 0.2) is 29.4 Å². The Hall–Kier alpha value is -0.910. The van der Waals surface area contributed by atoms with Crippen molar-refractivity contribution in [2.45, 2.75) is 0 Å². The molecule has 0 bridgehead atoms. The molecule has 3 nitrogen and oxygen atoms in total. The van der Waals surface area contributed by atoms with Gasteiger partial charge in [-0.15, -0.1) is 0 Å². The van der Waals surface area contributed by atoms with Crippen LogP contribution < -0.4 is 0 Å². The number of benzene rings is 1. The van der Waals surface area contributed by atoms with E-state index in [1.807, 2.05) is 12.1 Å². The molecule has 0 saturated heterocycles. The van der Waals surface area contributed by atoms with E-state index in [1.165, 1.54) is 0 Å². The quantitative estimate of drug-likeness (QED) is 0.295. The molecule has 4 heteroatoms. The highest BCUT2D eigenvalue weighted by atomic mass is 127. The van der Waals surface area contributed by atoms with Gasteiger partial charge in [0.2, 0.25) is 5.78 Å². The Bertz CT molecular complexity index is 305. The fraction of sp³-hybridized carbons (Fsp3) is 0. The summed E-state index contributed by atoms with van der Waals surface area (Å²) in [6.07, 6.45) is 0.877. The summed E-state index contributed by atoms with van der Waals surface area (Å²) < 4.78 is 1.06. The summed E-state index contributed by atoms with van der Waals surface area (Å²) in [5, 5.41) is 10.8. The topological polar surface area (TPSA) is 49.7 Å². The lowest BCUT2D eigenvalue weighted by molar-refractivity contribution is 0.106. The minimum absolute atomic E-state index is 0.297. The van der Waals surface area contributed by atoms with Crippen LogP contribution in [0, 0.1) is 3.57 Å². The van der Waals surface area contributed by atoms with Gasteiger partial charge in [0.25, 0.3) is 0 Å². The van der Waals surface area contributed by atoms with Crippen molar-refractivity contribution in [2.24, 2.45) is 5.16 Å². The van der Waals surface area contributed by atoms with Gasteiger partial charge in [-0.05, 0) is 46.9 Å². The zero-order valence-corrected chi connectivity index (χ0v) is 8.22. The summed E-state index contributed by atoms with van der Waals surface area (Å²) in [4.78, 5) is 11.0. The van der Waals surface area contributed by atoms with Gasteiger partial charge in [0.1, 0.15) is 6.21 Å². The van der Waals surface area contributed by atoms with Crippen molar-refractivity contribution >= 4 is 34.6 Å². The van der Waals surface area contributed by atoms with Crippen LogP contribution in [0.5, 0.6) is 0 Å². The molecular weight excluding hydrogens is 269 g/mol. The van der Waals surface area contributed by atoms with Crippen LogP contribution in [0.2, 0.25) is 0 Å². The van der Waals surface area contributed by atoms with Crippen LogP contribution in [-0.4, -0.2) is 17.2 Å². The molecule has 0 atom stereocenters. The summed E-state index contributed by atoms with van der Waals surface area (Å²) in [5.41, 5.74) is 0.521. The largest absolute Gasteiger partial charge is 0.411 e. The van der Waals surface area contributed by atoms with Crippen LogP contribution in [0.3, 0.4) is 0 Å². The summed E-state index contributed by atoms with van der Waals surface area (Å²) in [6.45, 7) is 0. The molecule has 1 rings (SSSR count). The number of carbonyl (C=O) groups excluding carboxylic acids is 1. The first-order valence-corrected chi connectivity index (χ1v) is 4.29. The molecule has 0 amide bonds. The normalized spacial score (nSPS) is 10.4. The zero-order chi connectivity index (χ0) is 8.97. The molecule has 0 heterocycles. The average molecular weight is 275 g/mol. The van der Waals surface area contributed by atoms with Crippen molar-refractivity contribution < 1.29 is 10.0 Å². The number of rotatable bonds is 2. The van der Waals surface area contributed by atoms with Crippen molar-refractivity contribution in [1.82, 2.24) is 0 Å². The van der Waals surface area contributed by atoms with Crippen LogP contribution in [0.25, 0.3) is 0 Å². The lowest BCUT2D eigenvalue weighted by Crippen LogP contribution is -1.99. The van der Waals surface area contributed by atoms with E-state index in [0.29, 0.717) is 5.56 Å². The molecular formula is C8H6INO2. The second-order valence-electron chi connectivity index (χ2n) is 2.12. The SMILES string of the molecule is O=C(/C=N/O)c1ccc(I)cc1. The first-order chi connectivity index (χ1) is 5.74. The average Bonchev–Trinajstić information content (AvgIpc) is 2.06. The maximum absolute atomic E-state index is 11.0. The number of halogens is 1. The molecule has 1 aromatic rings. The monoisotopic (exact) mass is 275 g/mol. The molecule has 0 aliphatic carbocycles. The summed E-state index contributed by atoms with van der Waals surface area (Å²) in [7, 11) is 0. The smallest absolute Gasteiger partial charge is 0.207 e. The van der Waals surface area contributed by atoms with Crippen molar-refractivity contribution in [3.8, 4) is 0 Å². The first kappa shape index (κ1) is 9.18. The third-order valence-electron chi connectivity index (χ3n) is 1.30. The van der Waals surface area contributed by atoms with Crippen LogP contribution in [0.4, 0.5) is 0 Å². The van der Waals surface area contributed by atoms with Gasteiger partial charge in [-0.1, -0.05) is 5.16 Å². The molecule has 0 spiro atoms. The molecule has 0 radical (unpaired) electrons. The molecule has 62 valence electrons. The van der Waals surface area contributed by atoms with Gasteiger partial charge in [-0.25, -0.2) is 0 Å². The number of nitrogens with zero attached hydrogens (tertiary/aromatic N) is 1. The van der Waals surface area contributed by atoms with Crippen molar-refractivity contribution in [1.29, 1.82) is 0 Å². The van der Waals surface area contributed by atoms with E-state index in [0.717, 1.165) is 9.78 Å². The van der Waals surface area contributed by atoms with Gasteiger partial charge in [0, 0.05) is 9.13 Å². The number of hydrogen-bond acceptors (Lipinski definition) is 3. The van der Waals surface area contributed by atoms with E-state index >= 15 is 0 Å². The minimum atomic E-state index is -0.297. The molecule has 0 saturated carbocycles. The molecule has 1 aromatic carbocycles. The summed E-state index contributed by atoms with van der Waals surface area (Å²) in [5.74, 6) is -0.297. The van der Waals surface area contributed by atoms with Crippen molar-refractivity contribution in [3.05, 3.63) is 33.4 Å².